The van der Waals surface area contributed by atoms with Crippen molar-refractivity contribution in [2.75, 3.05) is 6.61 Å². The zero-order valence-electron chi connectivity index (χ0n) is 8.67. The summed E-state index contributed by atoms with van der Waals surface area (Å²) in [5.74, 6) is 0. The van der Waals surface area contributed by atoms with Crippen LogP contribution >= 0.6 is 0 Å². The van der Waals surface area contributed by atoms with E-state index >= 15 is 0 Å². The lowest BCUT2D eigenvalue weighted by molar-refractivity contribution is -0.214. The summed E-state index contributed by atoms with van der Waals surface area (Å²) in [6, 6.07) is 0. The fraction of sp³-hybridized carbons (Fsp3) is 1.00. The lowest BCUT2D eigenvalue weighted by Crippen LogP contribution is -2.37. The van der Waals surface area contributed by atoms with Crippen LogP contribution in [0.4, 0.5) is 0 Å². The largest absolute Gasteiger partial charge is 0.394 e. The highest BCUT2D eigenvalue weighted by Crippen LogP contribution is 2.25. The molecule has 1 rings (SSSR count). The van der Waals surface area contributed by atoms with Crippen molar-refractivity contribution < 1.29 is 24.8 Å². The maximum atomic E-state index is 9.51. The molecular formula is C9H18O5. The maximum Gasteiger partial charge on any atom is 0.187 e. The van der Waals surface area contributed by atoms with Crippen molar-refractivity contribution in [2.45, 2.75) is 51.0 Å². The molecule has 4 atom stereocenters. The van der Waals surface area contributed by atoms with Gasteiger partial charge in [0, 0.05) is 0 Å². The van der Waals surface area contributed by atoms with Gasteiger partial charge in [0.1, 0.15) is 18.3 Å². The molecule has 0 aromatic rings. The Morgan fingerprint density at radius 3 is 2.14 bits per heavy atom. The zero-order valence-corrected chi connectivity index (χ0v) is 8.67. The molecule has 4 unspecified atom stereocenters. The Hall–Kier alpha value is -0.200. The molecular weight excluding hydrogens is 188 g/mol. The quantitative estimate of drug-likeness (QED) is 0.553. The van der Waals surface area contributed by atoms with Crippen LogP contribution in [0, 0.1) is 0 Å². The van der Waals surface area contributed by atoms with Crippen LogP contribution in [0.5, 0.6) is 0 Å². The fourth-order valence-electron chi connectivity index (χ4n) is 1.31. The third-order valence-electron chi connectivity index (χ3n) is 1.97. The molecule has 0 aliphatic carbocycles. The topological polar surface area (TPSA) is 79.2 Å². The Morgan fingerprint density at radius 2 is 1.79 bits per heavy atom. The minimum atomic E-state index is -1.11. The van der Waals surface area contributed by atoms with Gasteiger partial charge in [0.2, 0.25) is 0 Å². The van der Waals surface area contributed by atoms with Gasteiger partial charge in [-0.15, -0.1) is 0 Å². The van der Waals surface area contributed by atoms with E-state index in [4.69, 9.17) is 14.6 Å². The molecule has 84 valence electrons. The van der Waals surface area contributed by atoms with Gasteiger partial charge in [-0.05, 0) is 20.8 Å². The van der Waals surface area contributed by atoms with E-state index in [1.54, 1.807) is 0 Å². The summed E-state index contributed by atoms with van der Waals surface area (Å²) in [7, 11) is 0. The van der Waals surface area contributed by atoms with Crippen molar-refractivity contribution in [1.29, 1.82) is 0 Å². The molecule has 0 saturated carbocycles. The van der Waals surface area contributed by atoms with E-state index in [9.17, 15) is 10.2 Å². The van der Waals surface area contributed by atoms with Gasteiger partial charge in [0.15, 0.2) is 6.29 Å². The minimum absolute atomic E-state index is 0.331. The van der Waals surface area contributed by atoms with Crippen molar-refractivity contribution in [3.63, 3.8) is 0 Å². The molecule has 5 nitrogen and oxygen atoms in total. The van der Waals surface area contributed by atoms with E-state index in [0.717, 1.165) is 0 Å². The van der Waals surface area contributed by atoms with Gasteiger partial charge in [0.25, 0.3) is 0 Å². The van der Waals surface area contributed by atoms with Gasteiger partial charge in [-0.3, -0.25) is 0 Å². The van der Waals surface area contributed by atoms with Gasteiger partial charge in [0.05, 0.1) is 12.2 Å². The highest BCUT2D eigenvalue weighted by Gasteiger charge is 2.44. The normalized spacial score (nSPS) is 39.0. The fourth-order valence-corrected chi connectivity index (χ4v) is 1.31. The Kier molecular flexibility index (Phi) is 3.49. The Labute approximate surface area is 83.3 Å². The monoisotopic (exact) mass is 206 g/mol. The molecule has 1 aliphatic rings. The lowest BCUT2D eigenvalue weighted by atomic mass is 10.1. The molecule has 1 saturated heterocycles. The molecule has 0 aromatic heterocycles. The van der Waals surface area contributed by atoms with Crippen LogP contribution in [0.2, 0.25) is 0 Å². The molecule has 0 spiro atoms. The second kappa shape index (κ2) is 4.12. The standard InChI is InChI=1S/C9H18O5/c1-9(2,3)14-8-7(12)6(11)5(4-10)13-8/h5-8,10-12H,4H2,1-3H3. The first-order chi connectivity index (χ1) is 6.35. The molecule has 1 fully saturated rings. The zero-order chi connectivity index (χ0) is 10.9. The molecule has 14 heavy (non-hydrogen) atoms. The molecule has 0 amide bonds. The predicted octanol–water partition coefficient (Wildman–Crippen LogP) is -0.760. The molecule has 1 heterocycles. The van der Waals surface area contributed by atoms with Gasteiger partial charge in [-0.25, -0.2) is 0 Å². The molecule has 0 radical (unpaired) electrons. The summed E-state index contributed by atoms with van der Waals surface area (Å²) in [4.78, 5) is 0. The SMILES string of the molecule is CC(C)(C)OC1OC(CO)C(O)C1O. The van der Waals surface area contributed by atoms with Gasteiger partial charge in [-0.1, -0.05) is 0 Å². The van der Waals surface area contributed by atoms with Crippen molar-refractivity contribution in [2.24, 2.45) is 0 Å². The molecule has 1 aliphatic heterocycles. The van der Waals surface area contributed by atoms with Crippen molar-refractivity contribution in [1.82, 2.24) is 0 Å². The number of aliphatic hydroxyl groups excluding tert-OH is 3. The Balaban J connectivity index is 2.57. The van der Waals surface area contributed by atoms with E-state index in [2.05, 4.69) is 0 Å². The first kappa shape index (κ1) is 11.9. The second-order valence-corrected chi connectivity index (χ2v) is 4.44. The average Bonchev–Trinajstić information content (AvgIpc) is 2.30. The third-order valence-corrected chi connectivity index (χ3v) is 1.97. The number of hydrogen-bond acceptors (Lipinski definition) is 5. The van der Waals surface area contributed by atoms with Gasteiger partial charge in [-0.2, -0.15) is 0 Å². The van der Waals surface area contributed by atoms with E-state index in [1.165, 1.54) is 0 Å². The average molecular weight is 206 g/mol. The van der Waals surface area contributed by atoms with Crippen LogP contribution in [-0.4, -0.2) is 52.1 Å². The van der Waals surface area contributed by atoms with Crippen LogP contribution in [0.25, 0.3) is 0 Å². The van der Waals surface area contributed by atoms with Crippen LogP contribution in [0.15, 0.2) is 0 Å². The van der Waals surface area contributed by atoms with Crippen molar-refractivity contribution >= 4 is 0 Å². The third kappa shape index (κ3) is 2.65. The number of aliphatic hydroxyl groups is 3. The van der Waals surface area contributed by atoms with Crippen LogP contribution in [-0.2, 0) is 9.47 Å². The Bertz CT molecular complexity index is 188. The number of rotatable bonds is 2. The van der Waals surface area contributed by atoms with Crippen LogP contribution in [0.1, 0.15) is 20.8 Å². The van der Waals surface area contributed by atoms with Crippen molar-refractivity contribution in [3.8, 4) is 0 Å². The summed E-state index contributed by atoms with van der Waals surface area (Å²) < 4.78 is 10.5. The van der Waals surface area contributed by atoms with Crippen molar-refractivity contribution in [3.05, 3.63) is 0 Å². The second-order valence-electron chi connectivity index (χ2n) is 4.44. The smallest absolute Gasteiger partial charge is 0.187 e. The first-order valence-corrected chi connectivity index (χ1v) is 4.65. The minimum Gasteiger partial charge on any atom is -0.394 e. The summed E-state index contributed by atoms with van der Waals surface area (Å²) in [5.41, 5.74) is -0.463. The maximum absolute atomic E-state index is 9.51. The summed E-state index contributed by atoms with van der Waals surface area (Å²) in [6.45, 7) is 5.13. The lowest BCUT2D eigenvalue weighted by Gasteiger charge is -2.26. The highest BCUT2D eigenvalue weighted by atomic mass is 16.7. The number of hydrogen-bond donors (Lipinski definition) is 3. The van der Waals surface area contributed by atoms with E-state index in [1.807, 2.05) is 20.8 Å². The van der Waals surface area contributed by atoms with E-state index < -0.39 is 30.2 Å². The summed E-state index contributed by atoms with van der Waals surface area (Å²) in [6.07, 6.45) is -3.83. The molecule has 5 heteroatoms. The van der Waals surface area contributed by atoms with Gasteiger partial charge < -0.3 is 24.8 Å². The highest BCUT2D eigenvalue weighted by molar-refractivity contribution is 4.87. The van der Waals surface area contributed by atoms with Gasteiger partial charge >= 0.3 is 0 Å². The first-order valence-electron chi connectivity index (χ1n) is 4.65. The molecule has 0 bridgehead atoms. The number of ether oxygens (including phenoxy) is 2. The van der Waals surface area contributed by atoms with E-state index in [0.29, 0.717) is 0 Å². The van der Waals surface area contributed by atoms with Crippen LogP contribution in [0.3, 0.4) is 0 Å². The van der Waals surface area contributed by atoms with E-state index in [-0.39, 0.29) is 6.61 Å². The molecule has 0 aromatic carbocycles. The Morgan fingerprint density at radius 1 is 1.21 bits per heavy atom. The predicted molar refractivity (Wildman–Crippen MR) is 48.6 cm³/mol. The van der Waals surface area contributed by atoms with Crippen LogP contribution < -0.4 is 0 Å². The summed E-state index contributed by atoms with van der Waals surface area (Å²) in [5, 5.41) is 27.7. The molecule has 3 N–H and O–H groups in total. The summed E-state index contributed by atoms with van der Waals surface area (Å²) >= 11 is 0.